The summed E-state index contributed by atoms with van der Waals surface area (Å²) in [5, 5.41) is 17.0. The summed E-state index contributed by atoms with van der Waals surface area (Å²) in [5.74, 6) is 1.12. The molecule has 2 atom stereocenters. The number of aliphatic hydroxyl groups excluding tert-OH is 1. The van der Waals surface area contributed by atoms with Crippen LogP contribution in [-0.4, -0.2) is 65.2 Å². The lowest BCUT2D eigenvalue weighted by Crippen LogP contribution is -2.43. The zero-order chi connectivity index (χ0) is 27.4. The topological polar surface area (TPSA) is 152 Å². The lowest BCUT2D eigenvalue weighted by atomic mass is 9.81. The molecule has 2 heterocycles. The normalized spacial score (nSPS) is 26.2. The number of urea groups is 1. The van der Waals surface area contributed by atoms with Gasteiger partial charge >= 0.3 is 6.03 Å². The zero-order valence-corrected chi connectivity index (χ0v) is 22.0. The van der Waals surface area contributed by atoms with Gasteiger partial charge in [-0.3, -0.25) is 4.79 Å². The largest absolute Gasteiger partial charge is 0.400 e. The first-order chi connectivity index (χ1) is 17.7. The summed E-state index contributed by atoms with van der Waals surface area (Å²) in [5.41, 5.74) is 6.53. The van der Waals surface area contributed by atoms with Gasteiger partial charge in [0.05, 0.1) is 5.69 Å². The standard InChI is InChI=1S/C24H32FN5O2.CH3NO.CH4O/c1-15-27-19(12-16-8-10-24(2,25)11-9-16)13-20(28-15)21-14-22(32-30-21)17-4-6-18(7-5-17)29-23(31)26-3;2-1-3;1-2/h8-10,13,17-18,22H,4-7,11-12,14H2,1-3H3,(H2,26,29,31);1H,(H2,2,3);2H,1H3. The van der Waals surface area contributed by atoms with Crippen LogP contribution in [-0.2, 0) is 16.1 Å². The molecule has 2 unspecified atom stereocenters. The van der Waals surface area contributed by atoms with E-state index in [1.165, 1.54) is 0 Å². The summed E-state index contributed by atoms with van der Waals surface area (Å²) in [6.07, 6.45) is 11.4. The molecule has 0 bridgehead atoms. The number of carbonyl (C=O) groups excluding carboxylic acids is 2. The van der Waals surface area contributed by atoms with Gasteiger partial charge in [0.1, 0.15) is 23.3 Å². The van der Waals surface area contributed by atoms with Crippen molar-refractivity contribution in [2.75, 3.05) is 14.2 Å². The van der Waals surface area contributed by atoms with Crippen LogP contribution >= 0.6 is 0 Å². The van der Waals surface area contributed by atoms with Gasteiger partial charge in [-0.2, -0.15) is 0 Å². The van der Waals surface area contributed by atoms with E-state index in [0.717, 1.165) is 61.9 Å². The van der Waals surface area contributed by atoms with Crippen molar-refractivity contribution < 1.29 is 23.9 Å². The Morgan fingerprint density at radius 2 is 1.97 bits per heavy atom. The zero-order valence-electron chi connectivity index (χ0n) is 22.0. The second-order valence-corrected chi connectivity index (χ2v) is 9.42. The van der Waals surface area contributed by atoms with Crippen molar-refractivity contribution in [3.63, 3.8) is 0 Å². The summed E-state index contributed by atoms with van der Waals surface area (Å²) in [7, 11) is 2.63. The number of nitrogens with zero attached hydrogens (tertiary/aromatic N) is 3. The van der Waals surface area contributed by atoms with Crippen molar-refractivity contribution in [1.82, 2.24) is 20.6 Å². The van der Waals surface area contributed by atoms with Crippen LogP contribution in [0, 0.1) is 12.8 Å². The van der Waals surface area contributed by atoms with Crippen LogP contribution in [0.25, 0.3) is 0 Å². The van der Waals surface area contributed by atoms with Gasteiger partial charge < -0.3 is 26.3 Å². The Bertz CT molecular complexity index is 1000. The predicted molar refractivity (Wildman–Crippen MR) is 140 cm³/mol. The Hall–Kier alpha value is -3.34. The SMILES string of the molecule is CNC(=O)NC1CCC(C2CC(c3cc(CC4=CCC(C)(F)C=C4)nc(C)n3)=NO2)CC1.CO.NC=O. The maximum Gasteiger partial charge on any atom is 0.314 e. The Balaban J connectivity index is 0.000000898. The van der Waals surface area contributed by atoms with E-state index in [2.05, 4.69) is 31.5 Å². The number of nitrogens with two attached hydrogens (primary N) is 1. The highest BCUT2D eigenvalue weighted by molar-refractivity contribution is 5.99. The number of amides is 3. The minimum atomic E-state index is -1.27. The highest BCUT2D eigenvalue weighted by atomic mass is 19.1. The first-order valence-corrected chi connectivity index (χ1v) is 12.5. The van der Waals surface area contributed by atoms with Crippen LogP contribution in [0.4, 0.5) is 9.18 Å². The molecule has 1 saturated carbocycles. The molecule has 0 radical (unpaired) electrons. The molecule has 2 aliphatic carbocycles. The van der Waals surface area contributed by atoms with E-state index in [-0.39, 0.29) is 24.6 Å². The van der Waals surface area contributed by atoms with E-state index in [4.69, 9.17) is 14.7 Å². The van der Waals surface area contributed by atoms with Crippen molar-refractivity contribution in [3.05, 3.63) is 47.1 Å². The van der Waals surface area contributed by atoms with Crippen molar-refractivity contribution in [2.45, 2.75) is 76.6 Å². The van der Waals surface area contributed by atoms with Gasteiger partial charge in [0.25, 0.3) is 0 Å². The smallest absolute Gasteiger partial charge is 0.314 e. The average Bonchev–Trinajstić information content (AvgIpc) is 3.38. The van der Waals surface area contributed by atoms with E-state index >= 15 is 0 Å². The van der Waals surface area contributed by atoms with Crippen LogP contribution in [0.5, 0.6) is 0 Å². The van der Waals surface area contributed by atoms with Gasteiger partial charge in [-0.1, -0.05) is 17.3 Å². The number of hydrogen-bond donors (Lipinski definition) is 4. The number of allylic oxidation sites excluding steroid dienone is 4. The van der Waals surface area contributed by atoms with Gasteiger partial charge in [0.15, 0.2) is 0 Å². The van der Waals surface area contributed by atoms with Gasteiger partial charge in [-0.25, -0.2) is 19.2 Å². The van der Waals surface area contributed by atoms with Gasteiger partial charge in [0.2, 0.25) is 6.41 Å². The molecule has 1 aromatic heterocycles. The third-order valence-electron chi connectivity index (χ3n) is 6.53. The number of primary amides is 1. The number of halogens is 1. The summed E-state index contributed by atoms with van der Waals surface area (Å²) < 4.78 is 14.0. The minimum absolute atomic E-state index is 0.0518. The number of aromatic nitrogens is 2. The third kappa shape index (κ3) is 9.23. The maximum absolute atomic E-state index is 14.0. The highest BCUT2D eigenvalue weighted by Crippen LogP contribution is 2.33. The Labute approximate surface area is 217 Å². The number of oxime groups is 1. The number of nitrogens with one attached hydrogen (secondary N) is 2. The first-order valence-electron chi connectivity index (χ1n) is 12.5. The van der Waals surface area contributed by atoms with E-state index in [1.807, 2.05) is 25.1 Å². The third-order valence-corrected chi connectivity index (χ3v) is 6.53. The fourth-order valence-corrected chi connectivity index (χ4v) is 4.65. The number of hydrogen-bond acceptors (Lipinski definition) is 7. The van der Waals surface area contributed by atoms with E-state index in [9.17, 15) is 9.18 Å². The van der Waals surface area contributed by atoms with Gasteiger partial charge in [-0.05, 0) is 63.2 Å². The highest BCUT2D eigenvalue weighted by Gasteiger charge is 2.34. The Morgan fingerprint density at radius 1 is 1.30 bits per heavy atom. The van der Waals surface area contributed by atoms with Gasteiger partial charge in [0, 0.05) is 45.2 Å². The molecule has 5 N–H and O–H groups in total. The molecule has 3 amide bonds. The second-order valence-electron chi connectivity index (χ2n) is 9.42. The summed E-state index contributed by atoms with van der Waals surface area (Å²) >= 11 is 0. The van der Waals surface area contributed by atoms with Crippen LogP contribution in [0.2, 0.25) is 0 Å². The number of aryl methyl sites for hydroxylation is 1. The maximum atomic E-state index is 14.0. The molecule has 3 aliphatic rings. The lowest BCUT2D eigenvalue weighted by Gasteiger charge is -2.31. The number of aliphatic hydroxyl groups is 1. The monoisotopic (exact) mass is 518 g/mol. The van der Waals surface area contributed by atoms with Gasteiger partial charge in [-0.15, -0.1) is 0 Å². The molecular formula is C26H39FN6O4. The summed E-state index contributed by atoms with van der Waals surface area (Å²) in [4.78, 5) is 35.1. The van der Waals surface area contributed by atoms with Crippen LogP contribution in [0.3, 0.4) is 0 Å². The van der Waals surface area contributed by atoms with E-state index in [1.54, 1.807) is 20.0 Å². The number of carbonyl (C=O) groups is 2. The predicted octanol–water partition coefficient (Wildman–Crippen LogP) is 2.63. The summed E-state index contributed by atoms with van der Waals surface area (Å²) in [6.45, 7) is 3.47. The molecule has 0 spiro atoms. The fourth-order valence-electron chi connectivity index (χ4n) is 4.65. The van der Waals surface area contributed by atoms with Crippen LogP contribution < -0.4 is 16.4 Å². The van der Waals surface area contributed by atoms with E-state index in [0.29, 0.717) is 24.6 Å². The molecule has 0 aromatic carbocycles. The molecule has 1 aliphatic heterocycles. The molecule has 1 fully saturated rings. The molecule has 204 valence electrons. The molecule has 10 nitrogen and oxygen atoms in total. The second kappa shape index (κ2) is 14.4. The van der Waals surface area contributed by atoms with Crippen molar-refractivity contribution >= 4 is 18.2 Å². The Morgan fingerprint density at radius 3 is 2.57 bits per heavy atom. The molecular weight excluding hydrogens is 479 g/mol. The molecule has 11 heteroatoms. The number of alkyl halides is 1. The molecule has 37 heavy (non-hydrogen) atoms. The number of rotatable bonds is 5. The quantitative estimate of drug-likeness (QED) is 0.440. The van der Waals surface area contributed by atoms with Crippen LogP contribution in [0.1, 0.15) is 62.7 Å². The minimum Gasteiger partial charge on any atom is -0.400 e. The van der Waals surface area contributed by atoms with Crippen molar-refractivity contribution in [1.29, 1.82) is 0 Å². The molecule has 1 aromatic rings. The Kier molecular flexibility index (Phi) is 11.6. The molecule has 0 saturated heterocycles. The summed E-state index contributed by atoms with van der Waals surface area (Å²) in [6, 6.07) is 2.07. The van der Waals surface area contributed by atoms with Crippen molar-refractivity contribution in [2.24, 2.45) is 16.8 Å². The van der Waals surface area contributed by atoms with E-state index < -0.39 is 5.67 Å². The first kappa shape index (κ1) is 29.9. The fraction of sp³-hybridized carbons (Fsp3) is 0.577. The molecule has 4 rings (SSSR count). The van der Waals surface area contributed by atoms with Crippen molar-refractivity contribution in [3.8, 4) is 0 Å². The van der Waals surface area contributed by atoms with Crippen LogP contribution in [0.15, 0.2) is 35.0 Å². The lowest BCUT2D eigenvalue weighted by molar-refractivity contribution is -0.106. The average molecular weight is 519 g/mol.